The van der Waals surface area contributed by atoms with Crippen LogP contribution in [0.5, 0.6) is 0 Å². The molecule has 0 heterocycles. The van der Waals surface area contributed by atoms with Crippen LogP contribution in [0.4, 0.5) is 0 Å². The Bertz CT molecular complexity index is 364. The van der Waals surface area contributed by atoms with Crippen molar-refractivity contribution in [1.29, 1.82) is 0 Å². The molecule has 1 N–H and O–H groups in total. The van der Waals surface area contributed by atoms with E-state index in [9.17, 15) is 0 Å². The van der Waals surface area contributed by atoms with Crippen LogP contribution in [0.2, 0.25) is 0 Å². The topological polar surface area (TPSA) is 21.3 Å². The molecule has 1 aromatic carbocycles. The molecule has 18 heavy (non-hydrogen) atoms. The van der Waals surface area contributed by atoms with Crippen LogP contribution in [0, 0.1) is 26.7 Å². The van der Waals surface area contributed by atoms with Gasteiger partial charge in [0, 0.05) is 19.8 Å². The number of nitrogens with one attached hydrogen (secondary N) is 1. The van der Waals surface area contributed by atoms with Crippen molar-refractivity contribution in [1.82, 2.24) is 5.32 Å². The van der Waals surface area contributed by atoms with E-state index in [1.807, 2.05) is 7.05 Å². The molecule has 0 amide bonds. The number of aryl methyl sites for hydroxylation is 3. The zero-order valence-electron chi connectivity index (χ0n) is 12.6. The maximum Gasteiger partial charge on any atom is 0.0465 e. The molecule has 2 atom stereocenters. The third-order valence-electron chi connectivity index (χ3n) is 3.71. The van der Waals surface area contributed by atoms with Crippen molar-refractivity contribution in [2.24, 2.45) is 5.92 Å². The average Bonchev–Trinajstić information content (AvgIpc) is 2.30. The number of hydrogen-bond acceptors (Lipinski definition) is 2. The van der Waals surface area contributed by atoms with Gasteiger partial charge in [-0.2, -0.15) is 0 Å². The monoisotopic (exact) mass is 249 g/mol. The van der Waals surface area contributed by atoms with Gasteiger partial charge in [-0.1, -0.05) is 24.6 Å². The third-order valence-corrected chi connectivity index (χ3v) is 3.71. The fraction of sp³-hybridized carbons (Fsp3) is 0.625. The van der Waals surface area contributed by atoms with Crippen molar-refractivity contribution in [3.05, 3.63) is 34.4 Å². The van der Waals surface area contributed by atoms with Crippen molar-refractivity contribution in [2.45, 2.75) is 40.2 Å². The minimum Gasteiger partial charge on any atom is -0.385 e. The average molecular weight is 249 g/mol. The molecule has 2 unspecified atom stereocenters. The quantitative estimate of drug-likeness (QED) is 0.832. The summed E-state index contributed by atoms with van der Waals surface area (Å²) in [6.45, 7) is 9.69. The molecule has 0 saturated heterocycles. The minimum absolute atomic E-state index is 0.403. The van der Waals surface area contributed by atoms with Crippen molar-refractivity contribution in [2.75, 3.05) is 20.8 Å². The maximum atomic E-state index is 5.19. The molecule has 0 bridgehead atoms. The summed E-state index contributed by atoms with van der Waals surface area (Å²) in [5.74, 6) is 0.565. The molecule has 0 aliphatic heterocycles. The molecule has 0 saturated carbocycles. The number of hydrogen-bond donors (Lipinski definition) is 1. The van der Waals surface area contributed by atoms with E-state index in [0.717, 1.165) is 13.0 Å². The highest BCUT2D eigenvalue weighted by Crippen LogP contribution is 2.30. The summed E-state index contributed by atoms with van der Waals surface area (Å²) < 4.78 is 5.19. The lowest BCUT2D eigenvalue weighted by Crippen LogP contribution is -2.26. The van der Waals surface area contributed by atoms with Gasteiger partial charge < -0.3 is 10.1 Å². The lowest BCUT2D eigenvalue weighted by molar-refractivity contribution is 0.171. The Kier molecular flexibility index (Phi) is 5.83. The largest absolute Gasteiger partial charge is 0.385 e. The summed E-state index contributed by atoms with van der Waals surface area (Å²) in [5, 5.41) is 3.47. The van der Waals surface area contributed by atoms with E-state index in [2.05, 4.69) is 45.1 Å². The minimum atomic E-state index is 0.403. The van der Waals surface area contributed by atoms with Crippen LogP contribution in [-0.2, 0) is 4.74 Å². The van der Waals surface area contributed by atoms with Gasteiger partial charge in [-0.25, -0.2) is 0 Å². The molecule has 1 rings (SSSR count). The van der Waals surface area contributed by atoms with Gasteiger partial charge in [0.05, 0.1) is 0 Å². The van der Waals surface area contributed by atoms with Crippen LogP contribution in [0.3, 0.4) is 0 Å². The van der Waals surface area contributed by atoms with Gasteiger partial charge in [-0.15, -0.1) is 0 Å². The van der Waals surface area contributed by atoms with Gasteiger partial charge in [0.1, 0.15) is 0 Å². The smallest absolute Gasteiger partial charge is 0.0465 e. The number of ether oxygens (including phenoxy) is 1. The van der Waals surface area contributed by atoms with Crippen LogP contribution < -0.4 is 5.32 Å². The Hall–Kier alpha value is -0.860. The lowest BCUT2D eigenvalue weighted by Gasteiger charge is -2.27. The molecule has 2 nitrogen and oxygen atoms in total. The highest BCUT2D eigenvalue weighted by atomic mass is 16.5. The lowest BCUT2D eigenvalue weighted by atomic mass is 9.86. The summed E-state index contributed by atoms with van der Waals surface area (Å²) in [5.41, 5.74) is 5.56. The van der Waals surface area contributed by atoms with Crippen LogP contribution >= 0.6 is 0 Å². The first-order chi connectivity index (χ1) is 8.51. The van der Waals surface area contributed by atoms with E-state index in [0.29, 0.717) is 12.0 Å². The van der Waals surface area contributed by atoms with Gasteiger partial charge >= 0.3 is 0 Å². The molecule has 0 aliphatic rings. The number of methoxy groups -OCH3 is 1. The third kappa shape index (κ3) is 3.56. The number of rotatable bonds is 6. The molecular formula is C16H27NO. The Balaban J connectivity index is 3.01. The molecule has 0 aromatic heterocycles. The van der Waals surface area contributed by atoms with E-state index in [1.54, 1.807) is 7.11 Å². The predicted molar refractivity (Wildman–Crippen MR) is 78.1 cm³/mol. The molecular weight excluding hydrogens is 222 g/mol. The van der Waals surface area contributed by atoms with Crippen molar-refractivity contribution >= 4 is 0 Å². The van der Waals surface area contributed by atoms with Gasteiger partial charge in [0.15, 0.2) is 0 Å². The molecule has 2 heteroatoms. The van der Waals surface area contributed by atoms with Gasteiger partial charge in [0.25, 0.3) is 0 Å². The Labute approximate surface area is 112 Å². The van der Waals surface area contributed by atoms with Gasteiger partial charge in [-0.3, -0.25) is 0 Å². The van der Waals surface area contributed by atoms with Crippen molar-refractivity contribution in [3.8, 4) is 0 Å². The maximum absolute atomic E-state index is 5.19. The normalized spacial score (nSPS) is 14.6. The molecule has 0 aliphatic carbocycles. The Morgan fingerprint density at radius 2 is 1.72 bits per heavy atom. The first-order valence-electron chi connectivity index (χ1n) is 6.75. The van der Waals surface area contributed by atoms with Crippen LogP contribution in [0.1, 0.15) is 41.6 Å². The first-order valence-corrected chi connectivity index (χ1v) is 6.75. The summed E-state index contributed by atoms with van der Waals surface area (Å²) in [4.78, 5) is 0. The molecule has 0 fully saturated rings. The second-order valence-corrected chi connectivity index (χ2v) is 5.34. The Morgan fingerprint density at radius 1 is 1.17 bits per heavy atom. The number of benzene rings is 1. The van der Waals surface area contributed by atoms with E-state index in [-0.39, 0.29) is 0 Å². The van der Waals surface area contributed by atoms with E-state index < -0.39 is 0 Å². The predicted octanol–water partition coefficient (Wildman–Crippen LogP) is 3.54. The summed E-state index contributed by atoms with van der Waals surface area (Å²) in [7, 11) is 3.82. The van der Waals surface area contributed by atoms with E-state index in [1.165, 1.54) is 22.3 Å². The summed E-state index contributed by atoms with van der Waals surface area (Å²) >= 11 is 0. The highest BCUT2D eigenvalue weighted by Gasteiger charge is 2.20. The van der Waals surface area contributed by atoms with E-state index in [4.69, 9.17) is 4.74 Å². The van der Waals surface area contributed by atoms with Gasteiger partial charge in [0.2, 0.25) is 0 Å². The zero-order chi connectivity index (χ0) is 13.7. The molecule has 1 aromatic rings. The molecule has 0 radical (unpaired) electrons. The van der Waals surface area contributed by atoms with Crippen LogP contribution in [0.15, 0.2) is 12.1 Å². The molecule has 0 spiro atoms. The van der Waals surface area contributed by atoms with Crippen molar-refractivity contribution < 1.29 is 4.74 Å². The first kappa shape index (κ1) is 15.2. The van der Waals surface area contributed by atoms with Crippen molar-refractivity contribution in [3.63, 3.8) is 0 Å². The van der Waals surface area contributed by atoms with Gasteiger partial charge in [-0.05, 0) is 56.8 Å². The Morgan fingerprint density at radius 3 is 2.17 bits per heavy atom. The summed E-state index contributed by atoms with van der Waals surface area (Å²) in [6.07, 6.45) is 1.08. The fourth-order valence-corrected chi connectivity index (χ4v) is 2.87. The second kappa shape index (κ2) is 6.91. The summed E-state index contributed by atoms with van der Waals surface area (Å²) in [6, 6.07) is 4.95. The standard InChI is InChI=1S/C16H27NO/c1-11-9-13(3)15(14(4)10-11)16(17-5)12(2)7-8-18-6/h9-10,12,16-17H,7-8H2,1-6H3. The zero-order valence-corrected chi connectivity index (χ0v) is 12.6. The highest BCUT2D eigenvalue weighted by molar-refractivity contribution is 5.39. The SMILES string of the molecule is CNC(c1c(C)cc(C)cc1C)C(C)CCOC. The molecule has 102 valence electrons. The van der Waals surface area contributed by atoms with Crippen LogP contribution in [0.25, 0.3) is 0 Å². The van der Waals surface area contributed by atoms with E-state index >= 15 is 0 Å². The second-order valence-electron chi connectivity index (χ2n) is 5.34. The van der Waals surface area contributed by atoms with Crippen LogP contribution in [-0.4, -0.2) is 20.8 Å². The fourth-order valence-electron chi connectivity index (χ4n) is 2.87.